The zero-order chi connectivity index (χ0) is 29.8. The topological polar surface area (TPSA) is 12.0 Å². The first-order valence-corrected chi connectivity index (χ1v) is 18.0. The Morgan fingerprint density at radius 1 is 0.316 bits per heavy atom. The Kier molecular flexibility index (Phi) is 76.2. The van der Waals surface area contributed by atoms with Gasteiger partial charge in [-0.2, -0.15) is 0 Å². The molecule has 0 saturated carbocycles. The summed E-state index contributed by atoms with van der Waals surface area (Å²) in [4.78, 5) is 0. The van der Waals surface area contributed by atoms with E-state index in [1.165, 1.54) is 167 Å². The summed E-state index contributed by atoms with van der Waals surface area (Å²) < 4.78 is 0. The maximum Gasteiger partial charge on any atom is -0.00520 e. The third kappa shape index (κ3) is 65.1. The number of hydrogen-bond acceptors (Lipinski definition) is 1. The molecule has 1 heteroatoms. The molecule has 0 amide bonds. The first-order chi connectivity index (χ1) is 18.8. The fourth-order valence-corrected chi connectivity index (χ4v) is 4.39. The van der Waals surface area contributed by atoms with Crippen molar-refractivity contribution in [2.45, 2.75) is 215 Å². The average Bonchev–Trinajstić information content (AvgIpc) is 2.98. The molecule has 1 N–H and O–H groups in total. The molecule has 0 radical (unpaired) electrons. The van der Waals surface area contributed by atoms with E-state index in [2.05, 4.69) is 39.2 Å². The summed E-state index contributed by atoms with van der Waals surface area (Å²) in [6, 6.07) is 0. The van der Waals surface area contributed by atoms with Gasteiger partial charge in [0.15, 0.2) is 0 Å². The van der Waals surface area contributed by atoms with Crippen molar-refractivity contribution >= 4 is 0 Å². The van der Waals surface area contributed by atoms with E-state index in [1.807, 2.05) is 34.7 Å². The minimum Gasteiger partial charge on any atom is -0.320 e. The highest BCUT2D eigenvalue weighted by atomic mass is 14.8. The molecule has 0 atom stereocenters. The highest BCUT2D eigenvalue weighted by Crippen LogP contribution is 2.15. The van der Waals surface area contributed by atoms with Crippen LogP contribution < -0.4 is 5.32 Å². The molecule has 0 spiro atoms. The van der Waals surface area contributed by atoms with Gasteiger partial charge in [0, 0.05) is 0 Å². The van der Waals surface area contributed by atoms with Gasteiger partial charge in [-0.05, 0) is 20.0 Å². The van der Waals surface area contributed by atoms with E-state index in [0.29, 0.717) is 0 Å². The van der Waals surface area contributed by atoms with Crippen molar-refractivity contribution in [3.63, 3.8) is 0 Å². The second-order valence-corrected chi connectivity index (χ2v) is 10.2. The quantitative estimate of drug-likeness (QED) is 0.0847. The van der Waals surface area contributed by atoms with Crippen LogP contribution in [0.15, 0.2) is 13.2 Å². The van der Waals surface area contributed by atoms with Crippen molar-refractivity contribution in [3.05, 3.63) is 13.2 Å². The van der Waals surface area contributed by atoms with Crippen LogP contribution in [0.2, 0.25) is 0 Å². The van der Waals surface area contributed by atoms with Crippen molar-refractivity contribution in [2.75, 3.05) is 13.6 Å². The second kappa shape index (κ2) is 61.0. The van der Waals surface area contributed by atoms with E-state index < -0.39 is 0 Å². The summed E-state index contributed by atoms with van der Waals surface area (Å²) in [5.41, 5.74) is 0. The molecule has 0 aromatic heterocycles. The molecule has 38 heavy (non-hydrogen) atoms. The number of rotatable bonds is 26. The fraction of sp³-hybridized carbons (Fsp3) is 0.946. The molecule has 236 valence electrons. The predicted octanol–water partition coefficient (Wildman–Crippen LogP) is 14.2. The Hall–Kier alpha value is -0.300. The zero-order valence-electron chi connectivity index (χ0n) is 29.0. The van der Waals surface area contributed by atoms with E-state index >= 15 is 0 Å². The molecule has 0 saturated heterocycles. The number of hydrogen-bond donors (Lipinski definition) is 1. The van der Waals surface area contributed by atoms with Gasteiger partial charge >= 0.3 is 0 Å². The van der Waals surface area contributed by atoms with Gasteiger partial charge in [0.25, 0.3) is 0 Å². The molecule has 0 rings (SSSR count). The summed E-state index contributed by atoms with van der Waals surface area (Å²) >= 11 is 0. The average molecular weight is 542 g/mol. The molecule has 0 aliphatic heterocycles. The van der Waals surface area contributed by atoms with Gasteiger partial charge in [-0.3, -0.25) is 0 Å². The predicted molar refractivity (Wildman–Crippen MR) is 185 cm³/mol. The van der Waals surface area contributed by atoms with Gasteiger partial charge in [0.05, 0.1) is 0 Å². The van der Waals surface area contributed by atoms with Crippen molar-refractivity contribution < 1.29 is 0 Å². The van der Waals surface area contributed by atoms with Crippen LogP contribution in [0, 0.1) is 0 Å². The van der Waals surface area contributed by atoms with Crippen molar-refractivity contribution in [3.8, 4) is 0 Å². The van der Waals surface area contributed by atoms with Crippen LogP contribution in [0.3, 0.4) is 0 Å². The summed E-state index contributed by atoms with van der Waals surface area (Å²) in [6.45, 7) is 22.0. The first-order valence-electron chi connectivity index (χ1n) is 18.0. The third-order valence-electron chi connectivity index (χ3n) is 6.74. The Bertz CT molecular complexity index is 260. The first kappa shape index (κ1) is 47.5. The van der Waals surface area contributed by atoms with Crippen LogP contribution in [0.25, 0.3) is 0 Å². The Balaban J connectivity index is -0.000000256. The van der Waals surface area contributed by atoms with Crippen LogP contribution in [0.5, 0.6) is 0 Å². The second-order valence-electron chi connectivity index (χ2n) is 10.2. The molecule has 1 nitrogen and oxygen atoms in total. The molecule has 0 aromatic carbocycles. The third-order valence-corrected chi connectivity index (χ3v) is 6.74. The lowest BCUT2D eigenvalue weighted by atomic mass is 10.0. The molecule has 0 bridgehead atoms. The Morgan fingerprint density at radius 3 is 0.579 bits per heavy atom. The van der Waals surface area contributed by atoms with Crippen molar-refractivity contribution in [1.29, 1.82) is 0 Å². The lowest BCUT2D eigenvalue weighted by Gasteiger charge is -2.04. The van der Waals surface area contributed by atoms with Crippen LogP contribution in [-0.4, -0.2) is 13.6 Å². The van der Waals surface area contributed by atoms with Crippen LogP contribution in [-0.2, 0) is 0 Å². The van der Waals surface area contributed by atoms with Crippen LogP contribution in [0.1, 0.15) is 215 Å². The SMILES string of the molecule is C=C.CC.CC.CCCCCCCCCCCCCCCCCCCCCCCCCC.CCCCNC. The van der Waals surface area contributed by atoms with E-state index in [9.17, 15) is 0 Å². The summed E-state index contributed by atoms with van der Waals surface area (Å²) in [5.74, 6) is 0. The Labute approximate surface area is 247 Å². The lowest BCUT2D eigenvalue weighted by Crippen LogP contribution is -2.06. The maximum atomic E-state index is 3.07. The highest BCUT2D eigenvalue weighted by Gasteiger charge is 1.95. The molecule has 0 unspecified atom stereocenters. The summed E-state index contributed by atoms with van der Waals surface area (Å²) in [5, 5.41) is 3.07. The maximum absolute atomic E-state index is 3.07. The van der Waals surface area contributed by atoms with E-state index in [1.54, 1.807) is 0 Å². The van der Waals surface area contributed by atoms with Gasteiger partial charge < -0.3 is 5.32 Å². The highest BCUT2D eigenvalue weighted by molar-refractivity contribution is 4.51. The molecule has 0 aromatic rings. The molecule has 0 heterocycles. The fourth-order valence-electron chi connectivity index (χ4n) is 4.39. The summed E-state index contributed by atoms with van der Waals surface area (Å²) in [6.07, 6.45) is 38.0. The van der Waals surface area contributed by atoms with E-state index in [-0.39, 0.29) is 0 Å². The van der Waals surface area contributed by atoms with Crippen LogP contribution >= 0.6 is 0 Å². The number of nitrogens with one attached hydrogen (secondary N) is 1. The minimum atomic E-state index is 1.16. The minimum absolute atomic E-state index is 1.16. The van der Waals surface area contributed by atoms with Crippen molar-refractivity contribution in [2.24, 2.45) is 0 Å². The van der Waals surface area contributed by atoms with Crippen molar-refractivity contribution in [1.82, 2.24) is 5.32 Å². The lowest BCUT2D eigenvalue weighted by molar-refractivity contribution is 0.518. The zero-order valence-corrected chi connectivity index (χ0v) is 29.0. The van der Waals surface area contributed by atoms with E-state index in [0.717, 1.165) is 6.54 Å². The summed E-state index contributed by atoms with van der Waals surface area (Å²) in [7, 11) is 1.98. The van der Waals surface area contributed by atoms with Gasteiger partial charge in [-0.15, -0.1) is 13.2 Å². The molecule has 0 aliphatic carbocycles. The molecule has 0 fully saturated rings. The molecular weight excluding hydrogens is 458 g/mol. The monoisotopic (exact) mass is 542 g/mol. The Morgan fingerprint density at radius 2 is 0.474 bits per heavy atom. The van der Waals surface area contributed by atoms with E-state index in [4.69, 9.17) is 0 Å². The van der Waals surface area contributed by atoms with Gasteiger partial charge in [-0.1, -0.05) is 209 Å². The largest absolute Gasteiger partial charge is 0.320 e. The molecular formula is C37H83N. The molecule has 0 aliphatic rings. The van der Waals surface area contributed by atoms with Crippen LogP contribution in [0.4, 0.5) is 0 Å². The normalized spacial score (nSPS) is 9.58. The standard InChI is InChI=1S/C26H54.C5H13N.2C2H6.C2H4/c1-3-5-7-9-11-13-15-17-19-21-23-25-26-24-22-20-18-16-14-12-10-8-6-4-2;1-3-4-5-6-2;3*1-2/h3-26H2,1-2H3;6H,3-5H2,1-2H3;2*1-2H3;1-2H2. The number of unbranched alkanes of at least 4 members (excludes halogenated alkanes) is 24. The van der Waals surface area contributed by atoms with Gasteiger partial charge in [-0.25, -0.2) is 0 Å². The van der Waals surface area contributed by atoms with Gasteiger partial charge in [0.2, 0.25) is 0 Å². The smallest absolute Gasteiger partial charge is 0.00520 e. The van der Waals surface area contributed by atoms with Gasteiger partial charge in [0.1, 0.15) is 0 Å².